The SMILES string of the molecule is Cc1ccc(-c2cn3cc(-c4cccc(COc5cccc([N+](=O)[O-])c5)c4)ccc3n2)cc1. The molecule has 6 heteroatoms. The van der Waals surface area contributed by atoms with Crippen molar-refractivity contribution in [3.05, 3.63) is 119 Å². The molecule has 6 nitrogen and oxygen atoms in total. The molecule has 0 amide bonds. The smallest absolute Gasteiger partial charge is 0.273 e. The number of ether oxygens (including phenoxy) is 1. The second-order valence-electron chi connectivity index (χ2n) is 7.92. The van der Waals surface area contributed by atoms with Gasteiger partial charge in [0.2, 0.25) is 0 Å². The van der Waals surface area contributed by atoms with Crippen LogP contribution in [0.25, 0.3) is 28.0 Å². The average molecular weight is 435 g/mol. The summed E-state index contributed by atoms with van der Waals surface area (Å²) in [7, 11) is 0. The van der Waals surface area contributed by atoms with Gasteiger partial charge in [0.05, 0.1) is 16.7 Å². The van der Waals surface area contributed by atoms with E-state index in [1.54, 1.807) is 12.1 Å². The number of pyridine rings is 1. The first-order chi connectivity index (χ1) is 16.0. The van der Waals surface area contributed by atoms with Crippen LogP contribution in [0.3, 0.4) is 0 Å². The third-order valence-corrected chi connectivity index (χ3v) is 5.49. The maximum absolute atomic E-state index is 11.0. The van der Waals surface area contributed by atoms with Crippen LogP contribution in [-0.4, -0.2) is 14.3 Å². The van der Waals surface area contributed by atoms with E-state index in [1.807, 2.05) is 28.8 Å². The maximum atomic E-state index is 11.0. The van der Waals surface area contributed by atoms with Crippen molar-refractivity contribution in [1.82, 2.24) is 9.38 Å². The van der Waals surface area contributed by atoms with E-state index in [0.717, 1.165) is 33.6 Å². The lowest BCUT2D eigenvalue weighted by molar-refractivity contribution is -0.384. The Labute approximate surface area is 190 Å². The minimum atomic E-state index is -0.427. The van der Waals surface area contributed by atoms with Gasteiger partial charge in [-0.2, -0.15) is 0 Å². The molecule has 5 aromatic rings. The third-order valence-electron chi connectivity index (χ3n) is 5.49. The minimum absolute atomic E-state index is 0.0138. The number of hydrogen-bond acceptors (Lipinski definition) is 4. The third kappa shape index (κ3) is 4.45. The van der Waals surface area contributed by atoms with Crippen LogP contribution < -0.4 is 4.74 Å². The lowest BCUT2D eigenvalue weighted by Crippen LogP contribution is -1.97. The fourth-order valence-electron chi connectivity index (χ4n) is 3.72. The van der Waals surface area contributed by atoms with Crippen LogP contribution in [0.15, 0.2) is 97.3 Å². The molecule has 3 aromatic carbocycles. The molecule has 2 heterocycles. The monoisotopic (exact) mass is 435 g/mol. The fraction of sp³-hybridized carbons (Fsp3) is 0.0741. The molecule has 2 aromatic heterocycles. The molecule has 0 fully saturated rings. The molecule has 33 heavy (non-hydrogen) atoms. The van der Waals surface area contributed by atoms with Crippen molar-refractivity contribution in [2.45, 2.75) is 13.5 Å². The zero-order valence-electron chi connectivity index (χ0n) is 18.0. The van der Waals surface area contributed by atoms with Crippen molar-refractivity contribution in [3.63, 3.8) is 0 Å². The molecular formula is C27H21N3O3. The van der Waals surface area contributed by atoms with Crippen LogP contribution in [0, 0.1) is 17.0 Å². The van der Waals surface area contributed by atoms with Crippen molar-refractivity contribution in [2.75, 3.05) is 0 Å². The zero-order chi connectivity index (χ0) is 22.8. The summed E-state index contributed by atoms with van der Waals surface area (Å²) in [6.07, 6.45) is 4.11. The van der Waals surface area contributed by atoms with Gasteiger partial charge in [0.25, 0.3) is 5.69 Å². The highest BCUT2D eigenvalue weighted by molar-refractivity contribution is 5.68. The van der Waals surface area contributed by atoms with Gasteiger partial charge >= 0.3 is 0 Å². The average Bonchev–Trinajstić information content (AvgIpc) is 3.27. The summed E-state index contributed by atoms with van der Waals surface area (Å²) in [5.74, 6) is 0.470. The summed E-state index contributed by atoms with van der Waals surface area (Å²) in [6.45, 7) is 2.39. The molecule has 0 aliphatic rings. The Morgan fingerprint density at radius 3 is 2.48 bits per heavy atom. The number of imidazole rings is 1. The molecule has 0 aliphatic carbocycles. The Balaban J connectivity index is 1.37. The van der Waals surface area contributed by atoms with Crippen molar-refractivity contribution in [1.29, 1.82) is 0 Å². The highest BCUT2D eigenvalue weighted by Gasteiger charge is 2.08. The maximum Gasteiger partial charge on any atom is 0.273 e. The number of aromatic nitrogens is 2. The van der Waals surface area contributed by atoms with Gasteiger partial charge in [0, 0.05) is 24.0 Å². The van der Waals surface area contributed by atoms with Gasteiger partial charge in [-0.05, 0) is 47.9 Å². The van der Waals surface area contributed by atoms with Crippen molar-refractivity contribution >= 4 is 11.3 Å². The number of hydrogen-bond donors (Lipinski definition) is 0. The summed E-state index contributed by atoms with van der Waals surface area (Å²) in [4.78, 5) is 15.3. The summed E-state index contributed by atoms with van der Waals surface area (Å²) in [5.41, 5.74) is 7.25. The lowest BCUT2D eigenvalue weighted by Gasteiger charge is -2.08. The molecule has 5 rings (SSSR count). The quantitative estimate of drug-likeness (QED) is 0.227. The largest absolute Gasteiger partial charge is 0.489 e. The highest BCUT2D eigenvalue weighted by atomic mass is 16.6. The predicted octanol–water partition coefficient (Wildman–Crippen LogP) is 6.46. The first-order valence-corrected chi connectivity index (χ1v) is 10.6. The molecule has 0 saturated heterocycles. The number of non-ortho nitro benzene ring substituents is 1. The van der Waals surface area contributed by atoms with Crippen molar-refractivity contribution in [2.24, 2.45) is 0 Å². The summed E-state index contributed by atoms with van der Waals surface area (Å²) in [5, 5.41) is 11.0. The van der Waals surface area contributed by atoms with Crippen LogP contribution in [-0.2, 0) is 6.61 Å². The summed E-state index contributed by atoms with van der Waals surface area (Å²) >= 11 is 0. The van der Waals surface area contributed by atoms with Crippen LogP contribution in [0.5, 0.6) is 5.75 Å². The van der Waals surface area contributed by atoms with Crippen LogP contribution in [0.1, 0.15) is 11.1 Å². The first-order valence-electron chi connectivity index (χ1n) is 10.6. The Bertz CT molecular complexity index is 1460. The molecule has 0 spiro atoms. The Hall–Kier alpha value is -4.45. The van der Waals surface area contributed by atoms with Crippen LogP contribution in [0.2, 0.25) is 0 Å². The number of nitro groups is 1. The number of fused-ring (bicyclic) bond motifs is 1. The van der Waals surface area contributed by atoms with E-state index in [-0.39, 0.29) is 5.69 Å². The van der Waals surface area contributed by atoms with Gasteiger partial charge in [-0.1, -0.05) is 54.1 Å². The zero-order valence-corrected chi connectivity index (χ0v) is 18.0. The number of nitrogens with zero attached hydrogens (tertiary/aromatic N) is 3. The van der Waals surface area contributed by atoms with Gasteiger partial charge < -0.3 is 9.14 Å². The van der Waals surface area contributed by atoms with Crippen molar-refractivity contribution in [3.8, 4) is 28.1 Å². The minimum Gasteiger partial charge on any atom is -0.489 e. The second-order valence-corrected chi connectivity index (χ2v) is 7.92. The normalized spacial score (nSPS) is 10.9. The number of benzene rings is 3. The van der Waals surface area contributed by atoms with Gasteiger partial charge in [-0.25, -0.2) is 4.98 Å². The van der Waals surface area contributed by atoms with Crippen LogP contribution in [0.4, 0.5) is 5.69 Å². The van der Waals surface area contributed by atoms with E-state index >= 15 is 0 Å². The van der Waals surface area contributed by atoms with E-state index in [0.29, 0.717) is 12.4 Å². The van der Waals surface area contributed by atoms with Gasteiger partial charge in [-0.3, -0.25) is 10.1 Å². The van der Waals surface area contributed by atoms with Gasteiger partial charge in [0.1, 0.15) is 18.0 Å². The van der Waals surface area contributed by atoms with E-state index in [4.69, 9.17) is 9.72 Å². The molecule has 0 N–H and O–H groups in total. The molecule has 0 aliphatic heterocycles. The lowest BCUT2D eigenvalue weighted by atomic mass is 10.1. The summed E-state index contributed by atoms with van der Waals surface area (Å²) in [6, 6.07) is 26.7. The molecular weight excluding hydrogens is 414 g/mol. The predicted molar refractivity (Wildman–Crippen MR) is 128 cm³/mol. The first kappa shape index (κ1) is 20.5. The van der Waals surface area contributed by atoms with Crippen LogP contribution >= 0.6 is 0 Å². The Morgan fingerprint density at radius 2 is 1.67 bits per heavy atom. The number of rotatable bonds is 6. The molecule has 0 radical (unpaired) electrons. The van der Waals surface area contributed by atoms with Gasteiger partial charge in [0.15, 0.2) is 0 Å². The van der Waals surface area contributed by atoms with Crippen molar-refractivity contribution < 1.29 is 9.66 Å². The van der Waals surface area contributed by atoms with E-state index in [9.17, 15) is 10.1 Å². The molecule has 0 saturated carbocycles. The molecule has 162 valence electrons. The Morgan fingerprint density at radius 1 is 0.879 bits per heavy atom. The summed E-state index contributed by atoms with van der Waals surface area (Å²) < 4.78 is 7.82. The van der Waals surface area contributed by atoms with E-state index in [1.165, 1.54) is 17.7 Å². The van der Waals surface area contributed by atoms with E-state index < -0.39 is 4.92 Å². The number of nitro benzene ring substituents is 1. The Kier molecular flexibility index (Phi) is 5.32. The molecule has 0 atom stereocenters. The van der Waals surface area contributed by atoms with E-state index in [2.05, 4.69) is 55.6 Å². The molecule has 0 bridgehead atoms. The second kappa shape index (κ2) is 8.59. The van der Waals surface area contributed by atoms with Gasteiger partial charge in [-0.15, -0.1) is 0 Å². The molecule has 0 unspecified atom stereocenters. The topological polar surface area (TPSA) is 69.7 Å². The standard InChI is InChI=1S/C27H21N3O3/c1-19-8-10-21(11-9-19)26-17-29-16-23(12-13-27(29)28-26)22-5-2-4-20(14-22)18-33-25-7-3-6-24(15-25)30(31)32/h2-17H,18H2,1H3. The number of aryl methyl sites for hydroxylation is 1. The fourth-order valence-corrected chi connectivity index (χ4v) is 3.72. The highest BCUT2D eigenvalue weighted by Crippen LogP contribution is 2.25.